The molecule has 1 unspecified atom stereocenters. The summed E-state index contributed by atoms with van der Waals surface area (Å²) in [6.45, 7) is 4.58. The van der Waals surface area contributed by atoms with Crippen molar-refractivity contribution < 1.29 is 9.57 Å². The number of oxime groups is 1. The normalized spacial score (nSPS) is 17.7. The van der Waals surface area contributed by atoms with Crippen LogP contribution in [0.2, 0.25) is 0 Å². The summed E-state index contributed by atoms with van der Waals surface area (Å²) in [6, 6.07) is 3.79. The number of pyridine rings is 1. The van der Waals surface area contributed by atoms with Crippen LogP contribution in [-0.2, 0) is 4.84 Å². The molecule has 7 nitrogen and oxygen atoms in total. The van der Waals surface area contributed by atoms with Crippen molar-refractivity contribution in [2.24, 2.45) is 5.16 Å². The quantitative estimate of drug-likeness (QED) is 0.920. The van der Waals surface area contributed by atoms with Gasteiger partial charge in [0.15, 0.2) is 5.84 Å². The van der Waals surface area contributed by atoms with E-state index < -0.39 is 0 Å². The van der Waals surface area contributed by atoms with E-state index in [0.29, 0.717) is 24.0 Å². The van der Waals surface area contributed by atoms with Crippen molar-refractivity contribution in [2.45, 2.75) is 20.0 Å². The smallest absolute Gasteiger partial charge is 0.238 e. The minimum atomic E-state index is 0.0591. The number of hydrogen-bond donors (Lipinski definition) is 1. The monoisotopic (exact) mass is 287 g/mol. The molecule has 2 aromatic rings. The van der Waals surface area contributed by atoms with Crippen molar-refractivity contribution in [3.8, 4) is 11.6 Å². The summed E-state index contributed by atoms with van der Waals surface area (Å²) in [5.74, 6) is 1.12. The molecule has 0 saturated heterocycles. The Kier molecular flexibility index (Phi) is 3.47. The van der Waals surface area contributed by atoms with Crippen molar-refractivity contribution in [1.82, 2.24) is 19.9 Å². The summed E-state index contributed by atoms with van der Waals surface area (Å²) in [5, 5.41) is 7.22. The lowest BCUT2D eigenvalue weighted by atomic mass is 10.2. The molecule has 0 fully saturated rings. The van der Waals surface area contributed by atoms with Crippen LogP contribution >= 0.6 is 0 Å². The minimum Gasteiger partial charge on any atom is -0.479 e. The predicted molar refractivity (Wildman–Crippen MR) is 77.7 cm³/mol. The number of nitrogens with one attached hydrogen (secondary N) is 1. The summed E-state index contributed by atoms with van der Waals surface area (Å²) >= 11 is 0. The summed E-state index contributed by atoms with van der Waals surface area (Å²) in [4.78, 5) is 14.0. The number of imidazole rings is 1. The van der Waals surface area contributed by atoms with Crippen molar-refractivity contribution in [1.29, 1.82) is 0 Å². The van der Waals surface area contributed by atoms with Crippen LogP contribution in [0.15, 0.2) is 29.8 Å². The highest BCUT2D eigenvalue weighted by molar-refractivity contribution is 5.97. The lowest BCUT2D eigenvalue weighted by Crippen LogP contribution is -2.37. The van der Waals surface area contributed by atoms with E-state index in [4.69, 9.17) is 9.57 Å². The van der Waals surface area contributed by atoms with E-state index in [-0.39, 0.29) is 6.10 Å². The Bertz CT molecular complexity index is 680. The zero-order valence-electron chi connectivity index (χ0n) is 12.2. The van der Waals surface area contributed by atoms with Gasteiger partial charge in [-0.05, 0) is 26.0 Å². The fraction of sp³-hybridized carbons (Fsp3) is 0.357. The second kappa shape index (κ2) is 5.43. The van der Waals surface area contributed by atoms with Gasteiger partial charge in [0, 0.05) is 6.20 Å². The molecule has 0 aliphatic carbocycles. The summed E-state index contributed by atoms with van der Waals surface area (Å²) in [5.41, 5.74) is 2.44. The average Bonchev–Trinajstić information content (AvgIpc) is 2.94. The third-order valence-corrected chi connectivity index (χ3v) is 3.15. The molecule has 110 valence electrons. The van der Waals surface area contributed by atoms with Gasteiger partial charge in [-0.15, -0.1) is 0 Å². The molecule has 0 radical (unpaired) electrons. The van der Waals surface area contributed by atoms with Crippen LogP contribution in [0.3, 0.4) is 0 Å². The number of ether oxygens (including phenoxy) is 1. The zero-order valence-corrected chi connectivity index (χ0v) is 12.2. The molecule has 1 N–H and O–H groups in total. The first kappa shape index (κ1) is 13.4. The van der Waals surface area contributed by atoms with Gasteiger partial charge >= 0.3 is 0 Å². The van der Waals surface area contributed by atoms with E-state index in [9.17, 15) is 0 Å². The van der Waals surface area contributed by atoms with Gasteiger partial charge in [-0.2, -0.15) is 0 Å². The molecule has 3 heterocycles. The summed E-state index contributed by atoms with van der Waals surface area (Å²) < 4.78 is 7.25. The molecule has 0 spiro atoms. The second-order valence-corrected chi connectivity index (χ2v) is 4.88. The molecule has 7 heteroatoms. The first-order valence-electron chi connectivity index (χ1n) is 6.71. The summed E-state index contributed by atoms with van der Waals surface area (Å²) in [6.07, 6.45) is 3.71. The van der Waals surface area contributed by atoms with E-state index in [1.54, 1.807) is 13.4 Å². The molecule has 21 heavy (non-hydrogen) atoms. The number of hydrogen-bond acceptors (Lipinski definition) is 6. The molecule has 0 saturated carbocycles. The Morgan fingerprint density at radius 3 is 2.90 bits per heavy atom. The third kappa shape index (κ3) is 2.67. The first-order chi connectivity index (χ1) is 10.2. The van der Waals surface area contributed by atoms with Gasteiger partial charge < -0.3 is 19.5 Å². The van der Waals surface area contributed by atoms with Crippen molar-refractivity contribution in [3.63, 3.8) is 0 Å². The van der Waals surface area contributed by atoms with Crippen molar-refractivity contribution >= 4 is 5.84 Å². The van der Waals surface area contributed by atoms with Gasteiger partial charge in [-0.1, -0.05) is 5.16 Å². The predicted octanol–water partition coefficient (Wildman–Crippen LogP) is 1.25. The fourth-order valence-corrected chi connectivity index (χ4v) is 2.05. The highest BCUT2D eigenvalue weighted by Gasteiger charge is 2.17. The van der Waals surface area contributed by atoms with E-state index in [1.807, 2.05) is 36.7 Å². The maximum absolute atomic E-state index is 5.38. The Labute approximate surface area is 122 Å². The summed E-state index contributed by atoms with van der Waals surface area (Å²) in [7, 11) is 1.59. The Morgan fingerprint density at radius 1 is 1.43 bits per heavy atom. The van der Waals surface area contributed by atoms with E-state index in [1.165, 1.54) is 0 Å². The van der Waals surface area contributed by atoms with Gasteiger partial charge in [0.1, 0.15) is 17.5 Å². The van der Waals surface area contributed by atoms with Crippen molar-refractivity contribution in [3.05, 3.63) is 36.0 Å². The number of aromatic nitrogens is 3. The van der Waals surface area contributed by atoms with Crippen LogP contribution < -0.4 is 10.1 Å². The molecular formula is C14H17N5O2. The van der Waals surface area contributed by atoms with E-state index in [2.05, 4.69) is 20.4 Å². The molecule has 3 rings (SSSR count). The lowest BCUT2D eigenvalue weighted by molar-refractivity contribution is 0.0636. The van der Waals surface area contributed by atoms with Crippen LogP contribution in [0.5, 0.6) is 5.88 Å². The third-order valence-electron chi connectivity index (χ3n) is 3.15. The SMILES string of the molecule is COc1nc(C2=NOC(C)CN2)ccc1-n1cnc(C)c1. The molecule has 0 amide bonds. The molecule has 1 aliphatic heterocycles. The second-order valence-electron chi connectivity index (χ2n) is 4.88. The van der Waals surface area contributed by atoms with Crippen molar-refractivity contribution in [2.75, 3.05) is 13.7 Å². The van der Waals surface area contributed by atoms with Gasteiger partial charge in [-0.25, -0.2) is 9.97 Å². The topological polar surface area (TPSA) is 73.6 Å². The Hall–Kier alpha value is -2.57. The number of nitrogens with zero attached hydrogens (tertiary/aromatic N) is 4. The Morgan fingerprint density at radius 2 is 2.29 bits per heavy atom. The largest absolute Gasteiger partial charge is 0.479 e. The maximum Gasteiger partial charge on any atom is 0.238 e. The highest BCUT2D eigenvalue weighted by atomic mass is 16.6. The highest BCUT2D eigenvalue weighted by Crippen LogP contribution is 2.21. The standard InChI is InChI=1S/C14H17N5O2/c1-9-7-19(8-16-9)12-5-4-11(17-14(12)20-3)13-15-6-10(2)21-18-13/h4-5,7-8,10H,6H2,1-3H3,(H,15,18). The van der Waals surface area contributed by atoms with Crippen LogP contribution in [0.25, 0.3) is 5.69 Å². The number of amidine groups is 1. The minimum absolute atomic E-state index is 0.0591. The van der Waals surface area contributed by atoms with E-state index in [0.717, 1.165) is 11.4 Å². The van der Waals surface area contributed by atoms with Crippen LogP contribution in [-0.4, -0.2) is 40.1 Å². The van der Waals surface area contributed by atoms with E-state index >= 15 is 0 Å². The lowest BCUT2D eigenvalue weighted by Gasteiger charge is -2.19. The van der Waals surface area contributed by atoms with Crippen LogP contribution in [0.4, 0.5) is 0 Å². The fourth-order valence-electron chi connectivity index (χ4n) is 2.05. The number of methoxy groups -OCH3 is 1. The number of aryl methyl sites for hydroxylation is 1. The zero-order chi connectivity index (χ0) is 14.8. The molecule has 2 aromatic heterocycles. The molecular weight excluding hydrogens is 270 g/mol. The van der Waals surface area contributed by atoms with Crippen LogP contribution in [0.1, 0.15) is 18.3 Å². The molecule has 0 bridgehead atoms. The number of rotatable bonds is 3. The first-order valence-corrected chi connectivity index (χ1v) is 6.71. The van der Waals surface area contributed by atoms with Gasteiger partial charge in [0.2, 0.25) is 5.88 Å². The molecule has 1 aliphatic rings. The maximum atomic E-state index is 5.38. The van der Waals surface area contributed by atoms with Gasteiger partial charge in [0.25, 0.3) is 0 Å². The van der Waals surface area contributed by atoms with Gasteiger partial charge in [-0.3, -0.25) is 0 Å². The Balaban J connectivity index is 1.96. The van der Waals surface area contributed by atoms with Gasteiger partial charge in [0.05, 0.1) is 25.7 Å². The molecule has 0 aromatic carbocycles. The average molecular weight is 287 g/mol. The van der Waals surface area contributed by atoms with Crippen LogP contribution in [0, 0.1) is 6.92 Å². The molecule has 1 atom stereocenters.